The number of nitrogens with one attached hydrogen (secondary N) is 2. The normalized spacial score (nSPS) is 14.7. The van der Waals surface area contributed by atoms with Crippen LogP contribution in [0.3, 0.4) is 0 Å². The highest BCUT2D eigenvalue weighted by Crippen LogP contribution is 2.26. The molecule has 0 saturated heterocycles. The maximum atomic E-state index is 12.6. The minimum absolute atomic E-state index is 0.0918. The van der Waals surface area contributed by atoms with Gasteiger partial charge >= 0.3 is 0 Å². The van der Waals surface area contributed by atoms with E-state index < -0.39 is 6.10 Å². The van der Waals surface area contributed by atoms with Crippen molar-refractivity contribution in [3.8, 4) is 0 Å². The van der Waals surface area contributed by atoms with Crippen molar-refractivity contribution in [1.29, 1.82) is 0 Å². The lowest BCUT2D eigenvalue weighted by Crippen LogP contribution is -2.26. The van der Waals surface area contributed by atoms with Gasteiger partial charge in [-0.05, 0) is 31.0 Å². The van der Waals surface area contributed by atoms with E-state index in [1.807, 2.05) is 36.4 Å². The van der Waals surface area contributed by atoms with Crippen LogP contribution < -0.4 is 10.6 Å². The Balaban J connectivity index is 1.58. The van der Waals surface area contributed by atoms with Gasteiger partial charge in [-0.1, -0.05) is 48.0 Å². The fourth-order valence-electron chi connectivity index (χ4n) is 3.00. The molecule has 1 fully saturated rings. The number of fused-ring (bicyclic) bond motifs is 1. The molecule has 1 aliphatic rings. The van der Waals surface area contributed by atoms with Crippen LogP contribution in [0.2, 0.25) is 5.02 Å². The quantitative estimate of drug-likeness (QED) is 0.605. The second kappa shape index (κ2) is 7.55. The second-order valence-corrected chi connectivity index (χ2v) is 7.15. The number of rotatable bonds is 6. The second-order valence-electron chi connectivity index (χ2n) is 6.74. The highest BCUT2D eigenvalue weighted by atomic mass is 35.5. The van der Waals surface area contributed by atoms with Crippen LogP contribution in [0.1, 0.15) is 34.9 Å². The highest BCUT2D eigenvalue weighted by molar-refractivity contribution is 6.31. The van der Waals surface area contributed by atoms with E-state index in [2.05, 4.69) is 15.6 Å². The van der Waals surface area contributed by atoms with Gasteiger partial charge in [-0.15, -0.1) is 0 Å². The zero-order valence-corrected chi connectivity index (χ0v) is 15.4. The van der Waals surface area contributed by atoms with Crippen molar-refractivity contribution < 1.29 is 9.90 Å². The van der Waals surface area contributed by atoms with Crippen molar-refractivity contribution in [2.45, 2.75) is 25.0 Å². The number of benzene rings is 2. The minimum Gasteiger partial charge on any atom is -0.387 e. The Morgan fingerprint density at radius 2 is 1.93 bits per heavy atom. The van der Waals surface area contributed by atoms with Crippen molar-refractivity contribution >= 4 is 34.2 Å². The fraction of sp³-hybridized carbons (Fsp3) is 0.238. The fourth-order valence-corrected chi connectivity index (χ4v) is 3.26. The predicted molar refractivity (Wildman–Crippen MR) is 107 cm³/mol. The zero-order valence-electron chi connectivity index (χ0n) is 14.7. The van der Waals surface area contributed by atoms with Crippen LogP contribution >= 0.6 is 11.6 Å². The summed E-state index contributed by atoms with van der Waals surface area (Å²) in [6.07, 6.45) is 1.28. The molecular weight excluding hydrogens is 362 g/mol. The van der Waals surface area contributed by atoms with Crippen molar-refractivity contribution in [2.75, 3.05) is 11.9 Å². The Kier molecular flexibility index (Phi) is 4.97. The SMILES string of the molecule is O=C(NC1CC1)c1cc(NCC(O)c2ccccc2Cl)nc2ccccc12. The molecule has 1 aromatic heterocycles. The molecule has 1 saturated carbocycles. The van der Waals surface area contributed by atoms with Crippen LogP contribution in [0.5, 0.6) is 0 Å². The van der Waals surface area contributed by atoms with Gasteiger partial charge in [0.05, 0.1) is 17.2 Å². The van der Waals surface area contributed by atoms with Gasteiger partial charge in [0.15, 0.2) is 0 Å². The molecule has 3 N–H and O–H groups in total. The van der Waals surface area contributed by atoms with E-state index in [9.17, 15) is 9.90 Å². The zero-order chi connectivity index (χ0) is 18.8. The van der Waals surface area contributed by atoms with E-state index in [0.29, 0.717) is 22.0 Å². The summed E-state index contributed by atoms with van der Waals surface area (Å²) in [5, 5.41) is 17.9. The first-order chi connectivity index (χ1) is 13.1. The van der Waals surface area contributed by atoms with Crippen LogP contribution in [0, 0.1) is 0 Å². The van der Waals surface area contributed by atoms with E-state index >= 15 is 0 Å². The topological polar surface area (TPSA) is 74.2 Å². The molecule has 1 heterocycles. The molecule has 6 heteroatoms. The third kappa shape index (κ3) is 4.04. The van der Waals surface area contributed by atoms with Gasteiger partial charge < -0.3 is 15.7 Å². The monoisotopic (exact) mass is 381 g/mol. The molecule has 1 unspecified atom stereocenters. The maximum absolute atomic E-state index is 12.6. The number of carbonyl (C=O) groups is 1. The Morgan fingerprint density at radius 3 is 2.70 bits per heavy atom. The molecule has 0 spiro atoms. The first-order valence-electron chi connectivity index (χ1n) is 8.99. The summed E-state index contributed by atoms with van der Waals surface area (Å²) in [6, 6.07) is 16.8. The lowest BCUT2D eigenvalue weighted by atomic mass is 10.1. The largest absolute Gasteiger partial charge is 0.387 e. The third-order valence-electron chi connectivity index (χ3n) is 4.61. The lowest BCUT2D eigenvalue weighted by Gasteiger charge is -2.15. The Bertz CT molecular complexity index is 988. The van der Waals surface area contributed by atoms with Crippen LogP contribution in [-0.2, 0) is 0 Å². The van der Waals surface area contributed by atoms with Crippen LogP contribution in [0.4, 0.5) is 5.82 Å². The van der Waals surface area contributed by atoms with Crippen molar-refractivity contribution in [3.05, 3.63) is 70.7 Å². The molecule has 3 aromatic rings. The van der Waals surface area contributed by atoms with Gasteiger partial charge in [0.25, 0.3) is 5.91 Å². The molecule has 1 atom stereocenters. The number of anilines is 1. The Hall–Kier alpha value is -2.63. The number of carbonyl (C=O) groups excluding carboxylic acids is 1. The minimum atomic E-state index is -0.782. The van der Waals surface area contributed by atoms with Crippen LogP contribution in [0.15, 0.2) is 54.6 Å². The lowest BCUT2D eigenvalue weighted by molar-refractivity contribution is 0.0952. The third-order valence-corrected chi connectivity index (χ3v) is 4.96. The molecule has 0 bridgehead atoms. The van der Waals surface area contributed by atoms with E-state index in [-0.39, 0.29) is 18.5 Å². The number of hydrogen-bond donors (Lipinski definition) is 3. The number of hydrogen-bond acceptors (Lipinski definition) is 4. The first kappa shape index (κ1) is 17.8. The number of halogens is 1. The van der Waals surface area contributed by atoms with Crippen LogP contribution in [0.25, 0.3) is 10.9 Å². The van der Waals surface area contributed by atoms with Gasteiger partial charge in [0, 0.05) is 28.6 Å². The molecular formula is C21H20ClN3O2. The van der Waals surface area contributed by atoms with Crippen LogP contribution in [-0.4, -0.2) is 28.6 Å². The number of pyridine rings is 1. The van der Waals surface area contributed by atoms with Gasteiger partial charge in [-0.25, -0.2) is 4.98 Å². The maximum Gasteiger partial charge on any atom is 0.252 e. The molecule has 27 heavy (non-hydrogen) atoms. The van der Waals surface area contributed by atoms with Gasteiger partial charge in [-0.2, -0.15) is 0 Å². The molecule has 0 radical (unpaired) electrons. The predicted octanol–water partition coefficient (Wildman–Crippen LogP) is 3.93. The average Bonchev–Trinajstić information content (AvgIpc) is 3.49. The highest BCUT2D eigenvalue weighted by Gasteiger charge is 2.25. The van der Waals surface area contributed by atoms with E-state index in [0.717, 1.165) is 23.7 Å². The number of amides is 1. The number of aromatic nitrogens is 1. The summed E-state index contributed by atoms with van der Waals surface area (Å²) < 4.78 is 0. The molecule has 4 rings (SSSR count). The molecule has 138 valence electrons. The van der Waals surface area contributed by atoms with E-state index in [1.54, 1.807) is 18.2 Å². The average molecular weight is 382 g/mol. The molecule has 1 aliphatic carbocycles. The number of aliphatic hydroxyl groups is 1. The summed E-state index contributed by atoms with van der Waals surface area (Å²) in [6.45, 7) is 0.235. The smallest absolute Gasteiger partial charge is 0.252 e. The molecule has 0 aliphatic heterocycles. The number of para-hydroxylation sites is 1. The standard InChI is InChI=1S/C21H20ClN3O2/c22-17-7-3-1-6-15(17)19(26)12-23-20-11-16(21(27)24-13-9-10-13)14-5-2-4-8-18(14)25-20/h1-8,11,13,19,26H,9-10,12H2,(H,23,25)(H,24,27). The Labute approximate surface area is 162 Å². The van der Waals surface area contributed by atoms with Gasteiger partial charge in [-0.3, -0.25) is 4.79 Å². The summed E-state index contributed by atoms with van der Waals surface area (Å²) in [5.74, 6) is 0.451. The first-order valence-corrected chi connectivity index (χ1v) is 9.36. The van der Waals surface area contributed by atoms with E-state index in [4.69, 9.17) is 11.6 Å². The van der Waals surface area contributed by atoms with Gasteiger partial charge in [0.1, 0.15) is 5.82 Å². The molecule has 5 nitrogen and oxygen atoms in total. The van der Waals surface area contributed by atoms with Crippen molar-refractivity contribution in [1.82, 2.24) is 10.3 Å². The van der Waals surface area contributed by atoms with Crippen molar-refractivity contribution in [3.63, 3.8) is 0 Å². The molecule has 1 amide bonds. The van der Waals surface area contributed by atoms with Crippen molar-refractivity contribution in [2.24, 2.45) is 0 Å². The summed E-state index contributed by atoms with van der Waals surface area (Å²) >= 11 is 6.14. The summed E-state index contributed by atoms with van der Waals surface area (Å²) in [5.41, 5.74) is 1.97. The number of nitrogens with zero attached hydrogens (tertiary/aromatic N) is 1. The summed E-state index contributed by atoms with van der Waals surface area (Å²) in [7, 11) is 0. The van der Waals surface area contributed by atoms with E-state index in [1.165, 1.54) is 0 Å². The molecule has 2 aromatic carbocycles. The Morgan fingerprint density at radius 1 is 1.19 bits per heavy atom. The van der Waals surface area contributed by atoms with Gasteiger partial charge in [0.2, 0.25) is 0 Å². The summed E-state index contributed by atoms with van der Waals surface area (Å²) in [4.78, 5) is 17.2. The number of aliphatic hydroxyl groups excluding tert-OH is 1.